The van der Waals surface area contributed by atoms with Gasteiger partial charge >= 0.3 is 6.09 Å². The number of ether oxygens (including phenoxy) is 1. The van der Waals surface area contributed by atoms with Gasteiger partial charge in [-0.15, -0.1) is 0 Å². The quantitative estimate of drug-likeness (QED) is 0.496. The summed E-state index contributed by atoms with van der Waals surface area (Å²) in [4.78, 5) is 11.7. The van der Waals surface area contributed by atoms with Crippen LogP contribution >= 0.6 is 0 Å². The van der Waals surface area contributed by atoms with E-state index in [2.05, 4.69) is 13.8 Å². The number of nitrogens with zero attached hydrogens (tertiary/aromatic N) is 1. The molecule has 1 rings (SSSR count). The highest BCUT2D eigenvalue weighted by Crippen LogP contribution is 2.26. The lowest BCUT2D eigenvalue weighted by molar-refractivity contribution is 0.0132. The third kappa shape index (κ3) is 9.61. The van der Waals surface area contributed by atoms with E-state index in [1.54, 1.807) is 26.8 Å². The smallest absolute Gasteiger partial charge is 0.399 e. The van der Waals surface area contributed by atoms with Crippen LogP contribution in [0.2, 0.25) is 0 Å². The normalized spacial score (nSPS) is 13.2. The molecule has 6 nitrogen and oxygen atoms in total. The van der Waals surface area contributed by atoms with E-state index in [4.69, 9.17) is 4.74 Å². The molecule has 0 radical (unpaired) electrons. The Kier molecular flexibility index (Phi) is 10.1. The molecule has 6 heteroatoms. The van der Waals surface area contributed by atoms with Crippen LogP contribution in [0.25, 0.3) is 0 Å². The number of carbonyl (C=O) groups excluding carboxylic acids is 1. The Balaban J connectivity index is 2.63. The number of benzene rings is 1. The van der Waals surface area contributed by atoms with Gasteiger partial charge in [0.2, 0.25) is 0 Å². The molecule has 1 aromatic rings. The summed E-state index contributed by atoms with van der Waals surface area (Å²) in [7, 11) is 0. The average molecular weight is 409 g/mol. The van der Waals surface area contributed by atoms with Gasteiger partial charge in [0, 0.05) is 6.54 Å². The molecule has 0 aliphatic heterocycles. The number of carbonyl (C=O) groups is 1. The summed E-state index contributed by atoms with van der Waals surface area (Å²) >= 11 is 0. The van der Waals surface area contributed by atoms with E-state index in [0.717, 1.165) is 37.7 Å². The van der Waals surface area contributed by atoms with Crippen LogP contribution < -0.4 is 0 Å². The fourth-order valence-electron chi connectivity index (χ4n) is 3.45. The van der Waals surface area contributed by atoms with Gasteiger partial charge in [-0.1, -0.05) is 51.0 Å². The molecule has 2 N–H and O–H groups in total. The second-order valence-electron chi connectivity index (χ2n) is 8.86. The summed E-state index contributed by atoms with van der Waals surface area (Å²) in [6.07, 6.45) is 3.20. The first-order valence-corrected chi connectivity index (χ1v) is 10.7. The predicted molar refractivity (Wildman–Crippen MR) is 115 cm³/mol. The van der Waals surface area contributed by atoms with Crippen molar-refractivity contribution in [3.05, 3.63) is 40.6 Å². The minimum Gasteiger partial charge on any atom is -0.754 e. The molecule has 166 valence electrons. The molecule has 0 saturated carbocycles. The Hall–Kier alpha value is -1.63. The topological polar surface area (TPSA) is 93.1 Å². The van der Waals surface area contributed by atoms with Crippen molar-refractivity contribution >= 4 is 6.09 Å². The number of hydroxylamine groups is 2. The van der Waals surface area contributed by atoms with Gasteiger partial charge < -0.3 is 25.2 Å². The number of hydrogen-bond acceptors (Lipinski definition) is 5. The molecule has 0 bridgehead atoms. The summed E-state index contributed by atoms with van der Waals surface area (Å²) in [5.74, 6) is 0. The molecule has 0 spiro atoms. The molecule has 0 aliphatic rings. The first-order chi connectivity index (χ1) is 13.5. The highest BCUT2D eigenvalue weighted by atomic mass is 16.6. The van der Waals surface area contributed by atoms with Gasteiger partial charge in [0.05, 0.1) is 11.7 Å². The molecule has 0 fully saturated rings. The van der Waals surface area contributed by atoms with Crippen LogP contribution in [0.1, 0.15) is 90.4 Å². The van der Waals surface area contributed by atoms with Crippen LogP contribution in [0, 0.1) is 5.21 Å². The molecular weight excluding hydrogens is 370 g/mol. The van der Waals surface area contributed by atoms with Crippen molar-refractivity contribution in [1.82, 2.24) is 5.06 Å². The first kappa shape index (κ1) is 25.4. The van der Waals surface area contributed by atoms with Crippen LogP contribution in [-0.4, -0.2) is 39.1 Å². The Morgan fingerprint density at radius 2 is 1.79 bits per heavy atom. The lowest BCUT2D eigenvalue weighted by Gasteiger charge is -2.31. The Bertz CT molecular complexity index is 620. The van der Waals surface area contributed by atoms with Crippen molar-refractivity contribution < 1.29 is 19.7 Å². The van der Waals surface area contributed by atoms with Crippen molar-refractivity contribution in [2.24, 2.45) is 0 Å². The van der Waals surface area contributed by atoms with Crippen LogP contribution in [0.4, 0.5) is 4.79 Å². The van der Waals surface area contributed by atoms with Gasteiger partial charge in [0.1, 0.15) is 5.60 Å². The minimum atomic E-state index is -0.940. The number of rotatable bonds is 11. The molecule has 0 aliphatic carbocycles. The SMILES string of the molecule is CCCC(O)(CCC)CCc1cccc(C(O)CCN([O-])C(=O)OC(C)(C)C)c1. The Morgan fingerprint density at radius 3 is 2.34 bits per heavy atom. The summed E-state index contributed by atoms with van der Waals surface area (Å²) < 4.78 is 5.03. The number of amides is 1. The van der Waals surface area contributed by atoms with E-state index >= 15 is 0 Å². The highest BCUT2D eigenvalue weighted by Gasteiger charge is 2.24. The average Bonchev–Trinajstić information content (AvgIpc) is 2.63. The van der Waals surface area contributed by atoms with Gasteiger partial charge in [-0.3, -0.25) is 0 Å². The molecular formula is C23H38NO5-. The monoisotopic (exact) mass is 408 g/mol. The summed E-state index contributed by atoms with van der Waals surface area (Å²) in [5.41, 5.74) is 0.367. The second-order valence-corrected chi connectivity index (χ2v) is 8.86. The molecule has 0 heterocycles. The van der Waals surface area contributed by atoms with E-state index in [9.17, 15) is 20.2 Å². The maximum absolute atomic E-state index is 11.9. The van der Waals surface area contributed by atoms with Crippen LogP contribution in [0.3, 0.4) is 0 Å². The van der Waals surface area contributed by atoms with E-state index < -0.39 is 23.4 Å². The summed E-state index contributed by atoms with van der Waals surface area (Å²) in [5, 5.41) is 33.3. The predicted octanol–water partition coefficient (Wildman–Crippen LogP) is 5.11. The maximum Gasteiger partial charge on any atom is 0.399 e. The lowest BCUT2D eigenvalue weighted by Crippen LogP contribution is -2.34. The molecule has 29 heavy (non-hydrogen) atoms. The standard InChI is InChI=1S/C23H38NO5/c1-6-13-23(27,14-7-2)15-11-18-9-8-10-19(17-18)20(25)12-16-24(28)21(26)29-22(3,4)5/h8-10,17,20,25,27H,6-7,11-16H2,1-5H3/q-1. The molecule has 0 aromatic heterocycles. The lowest BCUT2D eigenvalue weighted by atomic mass is 9.86. The van der Waals surface area contributed by atoms with Crippen molar-refractivity contribution in [3.8, 4) is 0 Å². The second kappa shape index (κ2) is 11.5. The number of aliphatic hydroxyl groups excluding tert-OH is 1. The van der Waals surface area contributed by atoms with Crippen LogP contribution in [0.15, 0.2) is 24.3 Å². The van der Waals surface area contributed by atoms with E-state index in [0.29, 0.717) is 12.0 Å². The molecule has 1 aromatic carbocycles. The van der Waals surface area contributed by atoms with Gasteiger partial charge in [0.15, 0.2) is 0 Å². The van der Waals surface area contributed by atoms with Gasteiger partial charge in [-0.05, 0) is 64.0 Å². The highest BCUT2D eigenvalue weighted by molar-refractivity contribution is 5.68. The third-order valence-corrected chi connectivity index (χ3v) is 4.85. The van der Waals surface area contributed by atoms with E-state index in [1.165, 1.54) is 0 Å². The fraction of sp³-hybridized carbons (Fsp3) is 0.696. The molecule has 1 amide bonds. The molecule has 1 unspecified atom stereocenters. The zero-order chi connectivity index (χ0) is 22.1. The summed E-state index contributed by atoms with van der Waals surface area (Å²) in [6.45, 7) is 9.10. The van der Waals surface area contributed by atoms with Crippen molar-refractivity contribution in [2.45, 2.75) is 96.9 Å². The Morgan fingerprint density at radius 1 is 1.17 bits per heavy atom. The summed E-state index contributed by atoms with van der Waals surface area (Å²) in [6, 6.07) is 7.57. The van der Waals surface area contributed by atoms with Gasteiger partial charge in [-0.25, -0.2) is 4.79 Å². The minimum absolute atomic E-state index is 0.127. The van der Waals surface area contributed by atoms with E-state index in [1.807, 2.05) is 18.2 Å². The van der Waals surface area contributed by atoms with Gasteiger partial charge in [0.25, 0.3) is 0 Å². The first-order valence-electron chi connectivity index (χ1n) is 10.7. The zero-order valence-corrected chi connectivity index (χ0v) is 18.6. The number of hydrogen-bond donors (Lipinski definition) is 2. The Labute approximate surface area is 175 Å². The molecule has 1 atom stereocenters. The fourth-order valence-corrected chi connectivity index (χ4v) is 3.45. The van der Waals surface area contributed by atoms with Crippen molar-refractivity contribution in [2.75, 3.05) is 6.54 Å². The van der Waals surface area contributed by atoms with Crippen molar-refractivity contribution in [3.63, 3.8) is 0 Å². The van der Waals surface area contributed by atoms with Crippen molar-refractivity contribution in [1.29, 1.82) is 0 Å². The third-order valence-electron chi connectivity index (χ3n) is 4.85. The number of aryl methyl sites for hydroxylation is 1. The van der Waals surface area contributed by atoms with Crippen LogP contribution in [0.5, 0.6) is 0 Å². The maximum atomic E-state index is 11.9. The van der Waals surface area contributed by atoms with Gasteiger partial charge in [-0.2, -0.15) is 0 Å². The largest absolute Gasteiger partial charge is 0.754 e. The molecule has 0 saturated heterocycles. The number of aliphatic hydroxyl groups is 2. The zero-order valence-electron chi connectivity index (χ0n) is 18.6. The van der Waals surface area contributed by atoms with Crippen LogP contribution in [-0.2, 0) is 11.2 Å². The van der Waals surface area contributed by atoms with E-state index in [-0.39, 0.29) is 18.0 Å².